The molecule has 4 nitrogen and oxygen atoms in total. The zero-order valence-corrected chi connectivity index (χ0v) is 11.1. The number of aliphatic imine (C=N–C) groups is 1. The largest absolute Gasteiger partial charge is 0.495 e. The molecule has 0 amide bonds. The minimum absolute atomic E-state index is 0.391. The average molecular weight is 247 g/mol. The number of anilines is 1. The molecule has 1 saturated carbocycles. The highest BCUT2D eigenvalue weighted by Crippen LogP contribution is 2.27. The molecule has 0 heterocycles. The van der Waals surface area contributed by atoms with Gasteiger partial charge in [0.15, 0.2) is 5.96 Å². The van der Waals surface area contributed by atoms with Crippen LogP contribution in [-0.2, 0) is 0 Å². The van der Waals surface area contributed by atoms with Crippen LogP contribution in [0.4, 0.5) is 5.69 Å². The Morgan fingerprint density at radius 3 is 2.67 bits per heavy atom. The number of hydrogen-bond donors (Lipinski definition) is 1. The Morgan fingerprint density at radius 1 is 1.33 bits per heavy atom. The fourth-order valence-corrected chi connectivity index (χ4v) is 2.34. The third kappa shape index (κ3) is 2.75. The summed E-state index contributed by atoms with van der Waals surface area (Å²) in [5.41, 5.74) is 7.02. The second-order valence-corrected chi connectivity index (χ2v) is 4.66. The standard InChI is InChI=1S/C14H21N3O/c1-17(12-9-5-6-10-13(12)18-2)14(15)16-11-7-3-4-8-11/h5-6,9-11H,3-4,7-8H2,1-2H3,(H2,15,16). The normalized spacial score (nSPS) is 16.9. The lowest BCUT2D eigenvalue weighted by atomic mass is 10.2. The lowest BCUT2D eigenvalue weighted by molar-refractivity contribution is 0.416. The summed E-state index contributed by atoms with van der Waals surface area (Å²) in [4.78, 5) is 6.48. The zero-order valence-electron chi connectivity index (χ0n) is 11.1. The first kappa shape index (κ1) is 12.7. The van der Waals surface area contributed by atoms with Crippen LogP contribution in [0.15, 0.2) is 29.3 Å². The number of para-hydroxylation sites is 2. The molecule has 98 valence electrons. The molecule has 0 bridgehead atoms. The number of ether oxygens (including phenoxy) is 1. The van der Waals surface area contributed by atoms with Crippen molar-refractivity contribution in [3.8, 4) is 5.75 Å². The number of guanidine groups is 1. The Balaban J connectivity index is 2.16. The highest BCUT2D eigenvalue weighted by Gasteiger charge is 2.16. The number of methoxy groups -OCH3 is 1. The van der Waals surface area contributed by atoms with Crippen LogP contribution in [0.1, 0.15) is 25.7 Å². The Hall–Kier alpha value is -1.71. The van der Waals surface area contributed by atoms with Gasteiger partial charge in [-0.2, -0.15) is 0 Å². The van der Waals surface area contributed by atoms with E-state index in [4.69, 9.17) is 10.5 Å². The Morgan fingerprint density at radius 2 is 2.00 bits per heavy atom. The van der Waals surface area contributed by atoms with Gasteiger partial charge in [0.2, 0.25) is 0 Å². The van der Waals surface area contributed by atoms with E-state index in [2.05, 4.69) is 4.99 Å². The van der Waals surface area contributed by atoms with Gasteiger partial charge in [-0.25, -0.2) is 4.99 Å². The van der Waals surface area contributed by atoms with Gasteiger partial charge in [0.25, 0.3) is 0 Å². The van der Waals surface area contributed by atoms with E-state index in [0.29, 0.717) is 12.0 Å². The molecule has 0 unspecified atom stereocenters. The lowest BCUT2D eigenvalue weighted by Gasteiger charge is -2.21. The third-order valence-electron chi connectivity index (χ3n) is 3.43. The first-order chi connectivity index (χ1) is 8.72. The summed E-state index contributed by atoms with van der Waals surface area (Å²) in [5.74, 6) is 1.37. The van der Waals surface area contributed by atoms with Gasteiger partial charge in [-0.05, 0) is 25.0 Å². The van der Waals surface area contributed by atoms with E-state index in [1.807, 2.05) is 36.2 Å². The molecular weight excluding hydrogens is 226 g/mol. The quantitative estimate of drug-likeness (QED) is 0.659. The summed E-state index contributed by atoms with van der Waals surface area (Å²) < 4.78 is 5.33. The maximum Gasteiger partial charge on any atom is 0.195 e. The summed E-state index contributed by atoms with van der Waals surface area (Å²) in [6.45, 7) is 0. The zero-order chi connectivity index (χ0) is 13.0. The van der Waals surface area contributed by atoms with Crippen molar-refractivity contribution in [2.75, 3.05) is 19.1 Å². The van der Waals surface area contributed by atoms with Crippen LogP contribution in [0.25, 0.3) is 0 Å². The molecule has 0 aliphatic heterocycles. The molecule has 1 aromatic rings. The highest BCUT2D eigenvalue weighted by molar-refractivity contribution is 5.95. The monoisotopic (exact) mass is 247 g/mol. The molecule has 1 aromatic carbocycles. The maximum absolute atomic E-state index is 6.07. The van der Waals surface area contributed by atoms with Crippen molar-refractivity contribution in [3.63, 3.8) is 0 Å². The molecule has 1 aliphatic carbocycles. The summed E-state index contributed by atoms with van der Waals surface area (Å²) in [6.07, 6.45) is 4.83. The molecule has 0 radical (unpaired) electrons. The van der Waals surface area contributed by atoms with Gasteiger partial charge in [-0.1, -0.05) is 25.0 Å². The molecule has 18 heavy (non-hydrogen) atoms. The number of hydrogen-bond acceptors (Lipinski definition) is 2. The van der Waals surface area contributed by atoms with Crippen LogP contribution in [0.5, 0.6) is 5.75 Å². The smallest absolute Gasteiger partial charge is 0.195 e. The third-order valence-corrected chi connectivity index (χ3v) is 3.43. The molecule has 2 N–H and O–H groups in total. The number of benzene rings is 1. The molecule has 0 aromatic heterocycles. The summed E-state index contributed by atoms with van der Waals surface area (Å²) in [7, 11) is 3.59. The Kier molecular flexibility index (Phi) is 4.07. The van der Waals surface area contributed by atoms with Crippen LogP contribution < -0.4 is 15.4 Å². The molecule has 1 aliphatic rings. The number of nitrogens with two attached hydrogens (primary N) is 1. The van der Waals surface area contributed by atoms with Crippen molar-refractivity contribution in [1.29, 1.82) is 0 Å². The van der Waals surface area contributed by atoms with Crippen LogP contribution in [0.2, 0.25) is 0 Å². The lowest BCUT2D eigenvalue weighted by Crippen LogP contribution is -2.35. The van der Waals surface area contributed by atoms with Gasteiger partial charge >= 0.3 is 0 Å². The fourth-order valence-electron chi connectivity index (χ4n) is 2.34. The molecule has 2 rings (SSSR count). The molecule has 0 atom stereocenters. The van der Waals surface area contributed by atoms with E-state index < -0.39 is 0 Å². The van der Waals surface area contributed by atoms with Gasteiger partial charge in [0.1, 0.15) is 5.75 Å². The minimum atomic E-state index is 0.391. The van der Waals surface area contributed by atoms with E-state index in [9.17, 15) is 0 Å². The summed E-state index contributed by atoms with van der Waals surface area (Å²) in [6, 6.07) is 8.21. The fraction of sp³-hybridized carbons (Fsp3) is 0.500. The Labute approximate surface area is 108 Å². The first-order valence-electron chi connectivity index (χ1n) is 6.42. The topological polar surface area (TPSA) is 50.9 Å². The van der Waals surface area contributed by atoms with Crippen LogP contribution in [-0.4, -0.2) is 26.2 Å². The second-order valence-electron chi connectivity index (χ2n) is 4.66. The van der Waals surface area contributed by atoms with Crippen molar-refractivity contribution in [3.05, 3.63) is 24.3 Å². The van der Waals surface area contributed by atoms with E-state index in [1.165, 1.54) is 12.8 Å². The van der Waals surface area contributed by atoms with Gasteiger partial charge in [-0.3, -0.25) is 0 Å². The van der Waals surface area contributed by atoms with Crippen molar-refractivity contribution in [2.45, 2.75) is 31.7 Å². The van der Waals surface area contributed by atoms with E-state index in [0.717, 1.165) is 24.3 Å². The van der Waals surface area contributed by atoms with Crippen molar-refractivity contribution in [2.24, 2.45) is 10.7 Å². The summed E-state index contributed by atoms with van der Waals surface area (Å²) >= 11 is 0. The Bertz CT molecular complexity index is 425. The van der Waals surface area contributed by atoms with E-state index >= 15 is 0 Å². The summed E-state index contributed by atoms with van der Waals surface area (Å²) in [5, 5.41) is 0. The minimum Gasteiger partial charge on any atom is -0.495 e. The van der Waals surface area contributed by atoms with Crippen LogP contribution in [0, 0.1) is 0 Å². The molecule has 4 heteroatoms. The van der Waals surface area contributed by atoms with Crippen LogP contribution >= 0.6 is 0 Å². The predicted molar refractivity (Wildman–Crippen MR) is 75.3 cm³/mol. The predicted octanol–water partition coefficient (Wildman–Crippen LogP) is 2.39. The average Bonchev–Trinajstić information content (AvgIpc) is 2.90. The molecule has 1 fully saturated rings. The van der Waals surface area contributed by atoms with Crippen molar-refractivity contribution in [1.82, 2.24) is 0 Å². The van der Waals surface area contributed by atoms with Crippen molar-refractivity contribution >= 4 is 11.6 Å². The molecule has 0 saturated heterocycles. The number of nitrogens with zero attached hydrogens (tertiary/aromatic N) is 2. The van der Waals surface area contributed by atoms with Gasteiger partial charge in [0, 0.05) is 7.05 Å². The van der Waals surface area contributed by atoms with E-state index in [-0.39, 0.29) is 0 Å². The van der Waals surface area contributed by atoms with E-state index in [1.54, 1.807) is 7.11 Å². The highest BCUT2D eigenvalue weighted by atomic mass is 16.5. The van der Waals surface area contributed by atoms with Gasteiger partial charge < -0.3 is 15.4 Å². The SMILES string of the molecule is COc1ccccc1N(C)C(N)=NC1CCCC1. The van der Waals surface area contributed by atoms with Crippen LogP contribution in [0.3, 0.4) is 0 Å². The van der Waals surface area contributed by atoms with Gasteiger partial charge in [0.05, 0.1) is 18.8 Å². The maximum atomic E-state index is 6.07. The number of rotatable bonds is 3. The molecular formula is C14H21N3O. The van der Waals surface area contributed by atoms with Gasteiger partial charge in [-0.15, -0.1) is 0 Å². The second kappa shape index (κ2) is 5.76. The molecule has 0 spiro atoms. The van der Waals surface area contributed by atoms with Crippen molar-refractivity contribution < 1.29 is 4.74 Å². The first-order valence-corrected chi connectivity index (χ1v) is 6.42.